The highest BCUT2D eigenvalue weighted by Crippen LogP contribution is 2.25. The van der Waals surface area contributed by atoms with Crippen LogP contribution in [0, 0.1) is 0 Å². The summed E-state index contributed by atoms with van der Waals surface area (Å²) in [4.78, 5) is 24.9. The molecule has 2 rings (SSSR count). The number of aliphatic carboxylic acids is 1. The number of carboxylic acid groups (broad SMARTS) is 1. The van der Waals surface area contributed by atoms with Crippen LogP contribution in [-0.2, 0) is 14.3 Å². The van der Waals surface area contributed by atoms with E-state index in [0.29, 0.717) is 25.4 Å². The highest BCUT2D eigenvalue weighted by atomic mass is 16.5. The smallest absolute Gasteiger partial charge is 0.332 e. The topological polar surface area (TPSA) is 78.9 Å². The number of nitrogens with one attached hydrogen (secondary N) is 1. The number of carboxylic acids is 1. The van der Waals surface area contributed by atoms with Crippen molar-refractivity contribution in [3.05, 3.63) is 0 Å². The van der Waals surface area contributed by atoms with Crippen molar-refractivity contribution in [1.29, 1.82) is 0 Å². The Hall–Kier alpha value is -1.14. The van der Waals surface area contributed by atoms with Crippen molar-refractivity contribution in [3.8, 4) is 0 Å². The van der Waals surface area contributed by atoms with Gasteiger partial charge in [0.25, 0.3) is 0 Å². The lowest BCUT2D eigenvalue weighted by atomic mass is 10.2. The molecule has 2 unspecified atom stereocenters. The lowest BCUT2D eigenvalue weighted by Gasteiger charge is -2.20. The minimum atomic E-state index is -0.985. The highest BCUT2D eigenvalue weighted by molar-refractivity contribution is 5.82. The molecule has 2 atom stereocenters. The second kappa shape index (κ2) is 6.34. The van der Waals surface area contributed by atoms with E-state index in [1.807, 2.05) is 0 Å². The maximum absolute atomic E-state index is 11.8. The summed E-state index contributed by atoms with van der Waals surface area (Å²) in [5.74, 6) is -1.17. The van der Waals surface area contributed by atoms with Gasteiger partial charge in [0.15, 0.2) is 6.10 Å². The molecule has 2 aliphatic rings. The number of rotatable bonds is 7. The average Bonchev–Trinajstić information content (AvgIpc) is 3.09. The number of nitrogens with zero attached hydrogens (tertiary/aromatic N) is 1. The fourth-order valence-corrected chi connectivity index (χ4v) is 2.49. The molecule has 19 heavy (non-hydrogen) atoms. The fourth-order valence-electron chi connectivity index (χ4n) is 2.49. The van der Waals surface area contributed by atoms with Crippen molar-refractivity contribution < 1.29 is 19.4 Å². The molecule has 0 spiro atoms. The van der Waals surface area contributed by atoms with Gasteiger partial charge in [-0.15, -0.1) is 0 Å². The molecular formula is C13H22N2O4. The summed E-state index contributed by atoms with van der Waals surface area (Å²) < 4.78 is 5.20. The van der Waals surface area contributed by atoms with Gasteiger partial charge in [0.05, 0.1) is 0 Å². The Morgan fingerprint density at radius 1 is 1.26 bits per heavy atom. The first-order chi connectivity index (χ1) is 9.11. The van der Waals surface area contributed by atoms with Crippen molar-refractivity contribution in [2.75, 3.05) is 19.6 Å². The summed E-state index contributed by atoms with van der Waals surface area (Å²) >= 11 is 0. The van der Waals surface area contributed by atoms with Crippen molar-refractivity contribution in [3.63, 3.8) is 0 Å². The summed E-state index contributed by atoms with van der Waals surface area (Å²) in [5, 5.41) is 11.6. The van der Waals surface area contributed by atoms with Gasteiger partial charge >= 0.3 is 5.97 Å². The van der Waals surface area contributed by atoms with E-state index >= 15 is 0 Å². The van der Waals surface area contributed by atoms with Crippen LogP contribution in [0.1, 0.15) is 32.6 Å². The van der Waals surface area contributed by atoms with E-state index in [1.54, 1.807) is 0 Å². The van der Waals surface area contributed by atoms with Crippen molar-refractivity contribution >= 4 is 11.9 Å². The van der Waals surface area contributed by atoms with Gasteiger partial charge in [-0.05, 0) is 32.2 Å². The van der Waals surface area contributed by atoms with Crippen LogP contribution in [0.25, 0.3) is 0 Å². The molecule has 0 bridgehead atoms. The van der Waals surface area contributed by atoms with Gasteiger partial charge in [-0.1, -0.05) is 6.92 Å². The lowest BCUT2D eigenvalue weighted by Crippen LogP contribution is -2.40. The highest BCUT2D eigenvalue weighted by Gasteiger charge is 2.34. The first-order valence-corrected chi connectivity index (χ1v) is 7.01. The van der Waals surface area contributed by atoms with Crippen molar-refractivity contribution in [2.24, 2.45) is 0 Å². The first-order valence-electron chi connectivity index (χ1n) is 7.01. The molecule has 0 radical (unpaired) electrons. The van der Waals surface area contributed by atoms with Gasteiger partial charge in [-0.2, -0.15) is 0 Å². The molecule has 1 saturated carbocycles. The van der Waals surface area contributed by atoms with E-state index in [0.717, 1.165) is 13.1 Å². The second-order valence-corrected chi connectivity index (χ2v) is 5.18. The van der Waals surface area contributed by atoms with Crippen LogP contribution in [0.2, 0.25) is 0 Å². The number of carbonyl (C=O) groups is 2. The van der Waals surface area contributed by atoms with Crippen LogP contribution in [0.3, 0.4) is 0 Å². The zero-order valence-electron chi connectivity index (χ0n) is 11.3. The first kappa shape index (κ1) is 14.3. The Morgan fingerprint density at radius 3 is 2.47 bits per heavy atom. The third-order valence-corrected chi connectivity index (χ3v) is 3.76. The predicted octanol–water partition coefficient (Wildman–Crippen LogP) is 0.219. The molecule has 1 saturated heterocycles. The van der Waals surface area contributed by atoms with Gasteiger partial charge in [-0.3, -0.25) is 9.69 Å². The van der Waals surface area contributed by atoms with Gasteiger partial charge in [-0.25, -0.2) is 4.79 Å². The molecule has 0 aromatic heterocycles. The SMILES string of the molecule is CCN(CCNC(=O)C1CCC(C(=O)O)O1)C1CC1. The van der Waals surface area contributed by atoms with Gasteiger partial charge < -0.3 is 15.2 Å². The Morgan fingerprint density at radius 2 is 1.95 bits per heavy atom. The van der Waals surface area contributed by atoms with Crippen LogP contribution >= 0.6 is 0 Å². The molecule has 108 valence electrons. The molecule has 0 aromatic rings. The Labute approximate surface area is 113 Å². The summed E-state index contributed by atoms with van der Waals surface area (Å²) in [6, 6.07) is 0.695. The van der Waals surface area contributed by atoms with Gasteiger partial charge in [0.2, 0.25) is 5.91 Å². The molecule has 1 heterocycles. The summed E-state index contributed by atoms with van der Waals surface area (Å²) in [7, 11) is 0. The number of hydrogen-bond donors (Lipinski definition) is 2. The van der Waals surface area contributed by atoms with Gasteiger partial charge in [0, 0.05) is 19.1 Å². The minimum absolute atomic E-state index is 0.185. The molecule has 1 amide bonds. The van der Waals surface area contributed by atoms with Crippen LogP contribution < -0.4 is 5.32 Å². The summed E-state index contributed by atoms with van der Waals surface area (Å²) in [5.41, 5.74) is 0. The van der Waals surface area contributed by atoms with E-state index in [-0.39, 0.29) is 5.91 Å². The van der Waals surface area contributed by atoms with Crippen LogP contribution in [0.5, 0.6) is 0 Å². The average molecular weight is 270 g/mol. The molecule has 0 aromatic carbocycles. The van der Waals surface area contributed by atoms with E-state index in [9.17, 15) is 9.59 Å². The van der Waals surface area contributed by atoms with E-state index in [4.69, 9.17) is 9.84 Å². The molecular weight excluding hydrogens is 248 g/mol. The molecule has 6 nitrogen and oxygen atoms in total. The van der Waals surface area contributed by atoms with Crippen LogP contribution in [-0.4, -0.2) is 59.8 Å². The number of likely N-dealkylation sites (N-methyl/N-ethyl adjacent to an activating group) is 1. The zero-order chi connectivity index (χ0) is 13.8. The normalized spacial score (nSPS) is 26.6. The molecule has 1 aliphatic heterocycles. The number of ether oxygens (including phenoxy) is 1. The van der Waals surface area contributed by atoms with E-state index < -0.39 is 18.2 Å². The monoisotopic (exact) mass is 270 g/mol. The summed E-state index contributed by atoms with van der Waals surface area (Å²) in [6.45, 7) is 4.57. The Kier molecular flexibility index (Phi) is 4.76. The lowest BCUT2D eigenvalue weighted by molar-refractivity contribution is -0.151. The predicted molar refractivity (Wildman–Crippen MR) is 68.8 cm³/mol. The largest absolute Gasteiger partial charge is 0.479 e. The van der Waals surface area contributed by atoms with Gasteiger partial charge in [0.1, 0.15) is 6.10 Å². The quantitative estimate of drug-likeness (QED) is 0.692. The number of carbonyl (C=O) groups excluding carboxylic acids is 1. The molecule has 6 heteroatoms. The second-order valence-electron chi connectivity index (χ2n) is 5.18. The van der Waals surface area contributed by atoms with Crippen molar-refractivity contribution in [2.45, 2.75) is 50.9 Å². The maximum Gasteiger partial charge on any atom is 0.332 e. The summed E-state index contributed by atoms with van der Waals surface area (Å²) in [6.07, 6.45) is 1.99. The van der Waals surface area contributed by atoms with E-state index in [2.05, 4.69) is 17.1 Å². The standard InChI is InChI=1S/C13H22N2O4/c1-2-15(9-3-4-9)8-7-14-12(16)10-5-6-11(19-10)13(17)18/h9-11H,2-8H2,1H3,(H,14,16)(H,17,18). The number of hydrogen-bond acceptors (Lipinski definition) is 4. The molecule has 2 fully saturated rings. The number of amides is 1. The van der Waals surface area contributed by atoms with Crippen LogP contribution in [0.15, 0.2) is 0 Å². The molecule has 2 N–H and O–H groups in total. The Bertz CT molecular complexity index is 344. The third kappa shape index (κ3) is 3.91. The maximum atomic E-state index is 11.8. The fraction of sp³-hybridized carbons (Fsp3) is 0.846. The Balaban J connectivity index is 1.65. The van der Waals surface area contributed by atoms with E-state index in [1.165, 1.54) is 12.8 Å². The third-order valence-electron chi connectivity index (χ3n) is 3.76. The van der Waals surface area contributed by atoms with Crippen LogP contribution in [0.4, 0.5) is 0 Å². The zero-order valence-corrected chi connectivity index (χ0v) is 11.3. The minimum Gasteiger partial charge on any atom is -0.479 e. The molecule has 1 aliphatic carbocycles. The van der Waals surface area contributed by atoms with Crippen molar-refractivity contribution in [1.82, 2.24) is 10.2 Å².